The van der Waals surface area contributed by atoms with Gasteiger partial charge < -0.3 is 20.5 Å². The molecule has 2 aromatic rings. The highest BCUT2D eigenvalue weighted by molar-refractivity contribution is 5.87. The molecule has 1 aromatic carbocycles. The molecule has 0 bridgehead atoms. The lowest BCUT2D eigenvalue weighted by atomic mass is 10.0. The average Bonchev–Trinajstić information content (AvgIpc) is 3.05. The van der Waals surface area contributed by atoms with Gasteiger partial charge in [-0.25, -0.2) is 4.79 Å². The quantitative estimate of drug-likeness (QED) is 0.701. The Morgan fingerprint density at radius 3 is 2.38 bits per heavy atom. The molecule has 0 saturated heterocycles. The molecule has 0 aliphatic rings. The summed E-state index contributed by atoms with van der Waals surface area (Å²) in [6, 6.07) is 8.02. The monoisotopic (exact) mass is 359 g/mol. The first-order valence-electron chi connectivity index (χ1n) is 8.55. The Morgan fingerprint density at radius 1 is 1.12 bits per heavy atom. The van der Waals surface area contributed by atoms with Crippen LogP contribution in [0.25, 0.3) is 0 Å². The molecule has 3 amide bonds. The van der Waals surface area contributed by atoms with E-state index in [9.17, 15) is 9.59 Å². The van der Waals surface area contributed by atoms with Crippen LogP contribution in [0.1, 0.15) is 44.1 Å². The van der Waals surface area contributed by atoms with Gasteiger partial charge in [-0.2, -0.15) is 4.98 Å². The molecule has 0 aliphatic heterocycles. The standard InChI is InChI=1S/C18H25N5O3/c1-11(2)15(16(24)20-12(3)17-21-13(4)23-26-17)22-18(25)19-10-14-8-6-5-7-9-14/h5-9,11-12,15H,10H2,1-4H3,(H,20,24)(H2,19,22,25). The number of hydrogen-bond acceptors (Lipinski definition) is 5. The number of aromatic nitrogens is 2. The number of urea groups is 1. The normalized spacial score (nSPS) is 13.1. The fourth-order valence-corrected chi connectivity index (χ4v) is 2.36. The Hall–Kier alpha value is -2.90. The Kier molecular flexibility index (Phi) is 6.71. The van der Waals surface area contributed by atoms with Crippen LogP contribution in [0.2, 0.25) is 0 Å². The first-order chi connectivity index (χ1) is 12.4. The summed E-state index contributed by atoms with van der Waals surface area (Å²) in [5.41, 5.74) is 0.980. The zero-order chi connectivity index (χ0) is 19.1. The second kappa shape index (κ2) is 8.98. The number of aryl methyl sites for hydroxylation is 1. The molecular formula is C18H25N5O3. The van der Waals surface area contributed by atoms with Crippen molar-refractivity contribution in [3.05, 3.63) is 47.6 Å². The van der Waals surface area contributed by atoms with Gasteiger partial charge in [0.25, 0.3) is 0 Å². The number of hydrogen-bond donors (Lipinski definition) is 3. The minimum absolute atomic E-state index is 0.0888. The first kappa shape index (κ1) is 19.4. The van der Waals surface area contributed by atoms with E-state index in [0.29, 0.717) is 18.3 Å². The van der Waals surface area contributed by atoms with E-state index >= 15 is 0 Å². The van der Waals surface area contributed by atoms with Crippen molar-refractivity contribution in [2.45, 2.75) is 46.3 Å². The van der Waals surface area contributed by atoms with Gasteiger partial charge in [0, 0.05) is 6.54 Å². The molecule has 8 heteroatoms. The van der Waals surface area contributed by atoms with Gasteiger partial charge in [0.15, 0.2) is 5.82 Å². The van der Waals surface area contributed by atoms with Gasteiger partial charge in [0.05, 0.1) is 0 Å². The summed E-state index contributed by atoms with van der Waals surface area (Å²) in [5, 5.41) is 12.0. The minimum atomic E-state index is -0.683. The summed E-state index contributed by atoms with van der Waals surface area (Å²) < 4.78 is 5.06. The Bertz CT molecular complexity index is 729. The summed E-state index contributed by atoms with van der Waals surface area (Å²) >= 11 is 0. The van der Waals surface area contributed by atoms with Gasteiger partial charge in [-0.1, -0.05) is 49.3 Å². The molecule has 140 valence electrons. The molecule has 2 atom stereocenters. The molecule has 26 heavy (non-hydrogen) atoms. The summed E-state index contributed by atoms with van der Waals surface area (Å²) in [4.78, 5) is 28.8. The molecule has 1 heterocycles. The summed E-state index contributed by atoms with van der Waals surface area (Å²) in [5.74, 6) is 0.430. The van der Waals surface area contributed by atoms with Gasteiger partial charge >= 0.3 is 6.03 Å². The fraction of sp³-hybridized carbons (Fsp3) is 0.444. The van der Waals surface area contributed by atoms with E-state index in [0.717, 1.165) is 5.56 Å². The number of amides is 3. The van der Waals surface area contributed by atoms with Crippen LogP contribution in [-0.2, 0) is 11.3 Å². The Morgan fingerprint density at radius 2 is 1.81 bits per heavy atom. The lowest BCUT2D eigenvalue weighted by Gasteiger charge is -2.23. The van der Waals surface area contributed by atoms with E-state index < -0.39 is 18.1 Å². The SMILES string of the molecule is Cc1noc(C(C)NC(=O)C(NC(=O)NCc2ccccc2)C(C)C)n1. The molecule has 3 N–H and O–H groups in total. The van der Waals surface area contributed by atoms with Crippen LogP contribution in [0.15, 0.2) is 34.9 Å². The average molecular weight is 359 g/mol. The second-order valence-electron chi connectivity index (χ2n) is 6.44. The maximum atomic E-state index is 12.5. The van der Waals surface area contributed by atoms with Crippen molar-refractivity contribution in [3.63, 3.8) is 0 Å². The number of carbonyl (C=O) groups excluding carboxylic acids is 2. The van der Waals surface area contributed by atoms with Gasteiger partial charge in [-0.15, -0.1) is 0 Å². The predicted octanol–water partition coefficient (Wildman–Crippen LogP) is 2.08. The van der Waals surface area contributed by atoms with Crippen LogP contribution < -0.4 is 16.0 Å². The van der Waals surface area contributed by atoms with Gasteiger partial charge in [-0.05, 0) is 25.3 Å². The molecule has 1 aromatic heterocycles. The molecule has 8 nitrogen and oxygen atoms in total. The van der Waals surface area contributed by atoms with Crippen LogP contribution in [0, 0.1) is 12.8 Å². The van der Waals surface area contributed by atoms with Gasteiger partial charge in [0.2, 0.25) is 11.8 Å². The molecule has 2 unspecified atom stereocenters. The zero-order valence-corrected chi connectivity index (χ0v) is 15.4. The van der Waals surface area contributed by atoms with Crippen molar-refractivity contribution in [2.75, 3.05) is 0 Å². The number of carbonyl (C=O) groups is 2. The molecule has 2 rings (SSSR count). The van der Waals surface area contributed by atoms with Crippen molar-refractivity contribution < 1.29 is 14.1 Å². The largest absolute Gasteiger partial charge is 0.343 e. The van der Waals surface area contributed by atoms with Gasteiger partial charge in [-0.3, -0.25) is 4.79 Å². The van der Waals surface area contributed by atoms with Crippen LogP contribution in [0.4, 0.5) is 4.79 Å². The molecule has 0 fully saturated rings. The highest BCUT2D eigenvalue weighted by Gasteiger charge is 2.26. The highest BCUT2D eigenvalue weighted by Crippen LogP contribution is 2.11. The van der Waals surface area contributed by atoms with E-state index in [-0.39, 0.29) is 11.8 Å². The maximum Gasteiger partial charge on any atom is 0.315 e. The minimum Gasteiger partial charge on any atom is -0.343 e. The van der Waals surface area contributed by atoms with Crippen LogP contribution in [-0.4, -0.2) is 28.1 Å². The van der Waals surface area contributed by atoms with E-state index in [1.807, 2.05) is 44.2 Å². The van der Waals surface area contributed by atoms with Crippen molar-refractivity contribution >= 4 is 11.9 Å². The van der Waals surface area contributed by atoms with Gasteiger partial charge in [0.1, 0.15) is 12.1 Å². The van der Waals surface area contributed by atoms with Crippen molar-refractivity contribution in [1.29, 1.82) is 0 Å². The maximum absolute atomic E-state index is 12.5. The van der Waals surface area contributed by atoms with E-state index in [2.05, 4.69) is 26.1 Å². The highest BCUT2D eigenvalue weighted by atomic mass is 16.5. The van der Waals surface area contributed by atoms with Crippen molar-refractivity contribution in [3.8, 4) is 0 Å². The van der Waals surface area contributed by atoms with E-state index in [1.54, 1.807) is 13.8 Å². The number of rotatable bonds is 7. The van der Waals surface area contributed by atoms with E-state index in [1.165, 1.54) is 0 Å². The third-order valence-electron chi connectivity index (χ3n) is 3.80. The van der Waals surface area contributed by atoms with Crippen LogP contribution in [0.3, 0.4) is 0 Å². The molecule has 0 aliphatic carbocycles. The molecular weight excluding hydrogens is 334 g/mol. The summed E-state index contributed by atoms with van der Waals surface area (Å²) in [6.45, 7) is 7.57. The van der Waals surface area contributed by atoms with E-state index in [4.69, 9.17) is 4.52 Å². The number of benzene rings is 1. The lowest BCUT2D eigenvalue weighted by Crippen LogP contribution is -2.52. The summed E-state index contributed by atoms with van der Waals surface area (Å²) in [7, 11) is 0. The van der Waals surface area contributed by atoms with Crippen LogP contribution >= 0.6 is 0 Å². The topological polar surface area (TPSA) is 109 Å². The molecule has 0 saturated carbocycles. The number of nitrogens with zero attached hydrogens (tertiary/aromatic N) is 2. The molecule has 0 spiro atoms. The third kappa shape index (κ3) is 5.58. The zero-order valence-electron chi connectivity index (χ0n) is 15.4. The Labute approximate surface area is 152 Å². The van der Waals surface area contributed by atoms with Crippen LogP contribution in [0.5, 0.6) is 0 Å². The number of nitrogens with one attached hydrogen (secondary N) is 3. The molecule has 0 radical (unpaired) electrons. The third-order valence-corrected chi connectivity index (χ3v) is 3.80. The second-order valence-corrected chi connectivity index (χ2v) is 6.44. The van der Waals surface area contributed by atoms with Crippen molar-refractivity contribution in [1.82, 2.24) is 26.1 Å². The smallest absolute Gasteiger partial charge is 0.315 e. The lowest BCUT2D eigenvalue weighted by molar-refractivity contribution is -0.124. The summed E-state index contributed by atoms with van der Waals surface area (Å²) in [6.07, 6.45) is 0. The van der Waals surface area contributed by atoms with Crippen molar-refractivity contribution in [2.24, 2.45) is 5.92 Å². The Balaban J connectivity index is 1.90. The predicted molar refractivity (Wildman–Crippen MR) is 96.0 cm³/mol. The first-order valence-corrected chi connectivity index (χ1v) is 8.55. The fourth-order valence-electron chi connectivity index (χ4n) is 2.36.